The molecule has 0 atom stereocenters. The summed E-state index contributed by atoms with van der Waals surface area (Å²) >= 11 is 10.9. The van der Waals surface area contributed by atoms with Gasteiger partial charge in [-0.15, -0.1) is 11.3 Å². The molecule has 0 aliphatic carbocycles. The third kappa shape index (κ3) is 3.34. The number of aryl methyl sites for hydroxylation is 1. The number of hydrogen-bond acceptors (Lipinski definition) is 2. The van der Waals surface area contributed by atoms with E-state index in [2.05, 4.69) is 21.2 Å². The highest BCUT2D eigenvalue weighted by molar-refractivity contribution is 9.10. The predicted octanol–water partition coefficient (Wildman–Crippen LogP) is 4.40. The summed E-state index contributed by atoms with van der Waals surface area (Å²) in [5.41, 5.74) is 0.552. The topological polar surface area (TPSA) is 29.1 Å². The van der Waals surface area contributed by atoms with Crippen molar-refractivity contribution in [2.24, 2.45) is 0 Å². The Kier molecular flexibility index (Phi) is 4.43. The van der Waals surface area contributed by atoms with E-state index in [0.29, 0.717) is 17.1 Å². The molecular weight excluding hydrogens is 334 g/mol. The largest absolute Gasteiger partial charge is 0.347 e. The lowest BCUT2D eigenvalue weighted by molar-refractivity contribution is 0.0950. The maximum absolute atomic E-state index is 12.0. The average Bonchev–Trinajstić information content (AvgIpc) is 2.75. The molecule has 94 valence electrons. The second kappa shape index (κ2) is 5.87. The molecule has 0 unspecified atom stereocenters. The van der Waals surface area contributed by atoms with Crippen molar-refractivity contribution in [3.63, 3.8) is 0 Å². The van der Waals surface area contributed by atoms with Crippen LogP contribution in [0.4, 0.5) is 0 Å². The second-order valence-corrected chi connectivity index (χ2v) is 6.48. The minimum atomic E-state index is -0.129. The number of nitrogens with one attached hydrogen (secondary N) is 1. The number of carbonyl (C=O) groups is 1. The number of hydrogen-bond donors (Lipinski definition) is 1. The molecule has 1 aromatic carbocycles. The van der Waals surface area contributed by atoms with Gasteiger partial charge in [0.05, 0.1) is 12.1 Å². The molecule has 2 rings (SSSR count). The molecule has 2 aromatic rings. The Bertz CT molecular complexity index is 582. The van der Waals surface area contributed by atoms with Gasteiger partial charge in [-0.2, -0.15) is 0 Å². The highest BCUT2D eigenvalue weighted by Gasteiger charge is 2.10. The van der Waals surface area contributed by atoms with Crippen molar-refractivity contribution in [1.29, 1.82) is 0 Å². The molecule has 0 aliphatic heterocycles. The van der Waals surface area contributed by atoms with Crippen molar-refractivity contribution >= 4 is 44.8 Å². The Morgan fingerprint density at radius 2 is 2.17 bits per heavy atom. The standard InChI is InChI=1S/C13H11BrClNOS/c1-8-2-4-10(18-8)7-16-13(17)11-6-9(15)3-5-12(11)14/h2-6H,7H2,1H3,(H,16,17). The fraction of sp³-hybridized carbons (Fsp3) is 0.154. The third-order valence-electron chi connectivity index (χ3n) is 2.39. The summed E-state index contributed by atoms with van der Waals surface area (Å²) in [5.74, 6) is -0.129. The number of thiophene rings is 1. The molecule has 0 fully saturated rings. The van der Waals surface area contributed by atoms with Crippen LogP contribution in [0.3, 0.4) is 0 Å². The maximum Gasteiger partial charge on any atom is 0.252 e. The van der Waals surface area contributed by atoms with Gasteiger partial charge in [0.15, 0.2) is 0 Å². The van der Waals surface area contributed by atoms with E-state index >= 15 is 0 Å². The van der Waals surface area contributed by atoms with E-state index in [9.17, 15) is 4.79 Å². The van der Waals surface area contributed by atoms with Gasteiger partial charge in [0.2, 0.25) is 0 Å². The summed E-state index contributed by atoms with van der Waals surface area (Å²) in [7, 11) is 0. The first-order valence-electron chi connectivity index (χ1n) is 5.35. The summed E-state index contributed by atoms with van der Waals surface area (Å²) in [6.45, 7) is 2.58. The van der Waals surface area contributed by atoms with Crippen molar-refractivity contribution in [1.82, 2.24) is 5.32 Å². The van der Waals surface area contributed by atoms with E-state index in [0.717, 1.165) is 9.35 Å². The first-order chi connectivity index (χ1) is 8.56. The number of carbonyl (C=O) groups excluding carboxylic acids is 1. The van der Waals surface area contributed by atoms with Crippen LogP contribution < -0.4 is 5.32 Å². The molecule has 0 aliphatic rings. The molecule has 0 saturated carbocycles. The zero-order chi connectivity index (χ0) is 13.1. The first-order valence-corrected chi connectivity index (χ1v) is 7.33. The molecule has 0 spiro atoms. The number of rotatable bonds is 3. The fourth-order valence-electron chi connectivity index (χ4n) is 1.51. The van der Waals surface area contributed by atoms with Gasteiger partial charge in [-0.25, -0.2) is 0 Å². The molecule has 0 bridgehead atoms. The average molecular weight is 345 g/mol. The van der Waals surface area contributed by atoms with Crippen LogP contribution in [0.25, 0.3) is 0 Å². The highest BCUT2D eigenvalue weighted by atomic mass is 79.9. The summed E-state index contributed by atoms with van der Waals surface area (Å²) < 4.78 is 0.742. The molecule has 1 aromatic heterocycles. The Morgan fingerprint density at radius 1 is 1.39 bits per heavy atom. The van der Waals surface area contributed by atoms with Crippen molar-refractivity contribution in [2.45, 2.75) is 13.5 Å². The quantitative estimate of drug-likeness (QED) is 0.878. The molecule has 18 heavy (non-hydrogen) atoms. The summed E-state index contributed by atoms with van der Waals surface area (Å²) in [6.07, 6.45) is 0. The normalized spacial score (nSPS) is 10.4. The van der Waals surface area contributed by atoms with Crippen LogP contribution in [0.1, 0.15) is 20.1 Å². The SMILES string of the molecule is Cc1ccc(CNC(=O)c2cc(Cl)ccc2Br)s1. The van der Waals surface area contributed by atoms with Crippen molar-refractivity contribution < 1.29 is 4.79 Å². The lowest BCUT2D eigenvalue weighted by Crippen LogP contribution is -2.22. The Labute approximate surface area is 123 Å². The van der Waals surface area contributed by atoms with Crippen LogP contribution in [0.5, 0.6) is 0 Å². The van der Waals surface area contributed by atoms with E-state index in [1.54, 1.807) is 29.5 Å². The van der Waals surface area contributed by atoms with Gasteiger partial charge in [0, 0.05) is 19.2 Å². The minimum Gasteiger partial charge on any atom is -0.347 e. The summed E-state index contributed by atoms with van der Waals surface area (Å²) in [4.78, 5) is 14.4. The van der Waals surface area contributed by atoms with Gasteiger partial charge >= 0.3 is 0 Å². The van der Waals surface area contributed by atoms with Gasteiger partial charge in [-0.1, -0.05) is 11.6 Å². The van der Waals surface area contributed by atoms with Crippen molar-refractivity contribution in [3.05, 3.63) is 55.1 Å². The number of benzene rings is 1. The second-order valence-electron chi connectivity index (χ2n) is 3.82. The summed E-state index contributed by atoms with van der Waals surface area (Å²) in [5, 5.41) is 3.43. The van der Waals surface area contributed by atoms with Crippen molar-refractivity contribution in [2.75, 3.05) is 0 Å². The van der Waals surface area contributed by atoms with Gasteiger partial charge in [-0.05, 0) is 53.2 Å². The van der Waals surface area contributed by atoms with Crippen LogP contribution in [-0.2, 0) is 6.54 Å². The first kappa shape index (κ1) is 13.6. The zero-order valence-corrected chi connectivity index (χ0v) is 12.8. The molecule has 0 radical (unpaired) electrons. The molecule has 1 N–H and O–H groups in total. The van der Waals surface area contributed by atoms with Gasteiger partial charge in [0.1, 0.15) is 0 Å². The molecular formula is C13H11BrClNOS. The number of halogens is 2. The maximum atomic E-state index is 12.0. The van der Waals surface area contributed by atoms with E-state index in [-0.39, 0.29) is 5.91 Å². The van der Waals surface area contributed by atoms with Crippen LogP contribution >= 0.6 is 38.9 Å². The van der Waals surface area contributed by atoms with E-state index in [1.165, 1.54) is 4.88 Å². The predicted molar refractivity (Wildman–Crippen MR) is 79.4 cm³/mol. The smallest absolute Gasteiger partial charge is 0.252 e. The van der Waals surface area contributed by atoms with Crippen LogP contribution in [-0.4, -0.2) is 5.91 Å². The lowest BCUT2D eigenvalue weighted by Gasteiger charge is -2.06. The zero-order valence-electron chi connectivity index (χ0n) is 9.67. The van der Waals surface area contributed by atoms with Gasteiger partial charge in [-0.3, -0.25) is 4.79 Å². The van der Waals surface area contributed by atoms with Crippen LogP contribution in [0.15, 0.2) is 34.8 Å². The van der Waals surface area contributed by atoms with Crippen LogP contribution in [0, 0.1) is 6.92 Å². The van der Waals surface area contributed by atoms with Crippen LogP contribution in [0.2, 0.25) is 5.02 Å². The number of amides is 1. The van der Waals surface area contributed by atoms with E-state index in [4.69, 9.17) is 11.6 Å². The van der Waals surface area contributed by atoms with Crippen molar-refractivity contribution in [3.8, 4) is 0 Å². The lowest BCUT2D eigenvalue weighted by atomic mass is 10.2. The summed E-state index contributed by atoms with van der Waals surface area (Å²) in [6, 6.07) is 9.23. The molecule has 0 saturated heterocycles. The molecule has 2 nitrogen and oxygen atoms in total. The Balaban J connectivity index is 2.05. The van der Waals surface area contributed by atoms with Gasteiger partial charge in [0.25, 0.3) is 5.91 Å². The Hall–Kier alpha value is -0.840. The molecule has 5 heteroatoms. The monoisotopic (exact) mass is 343 g/mol. The molecule has 1 heterocycles. The highest BCUT2D eigenvalue weighted by Crippen LogP contribution is 2.21. The molecule has 1 amide bonds. The Morgan fingerprint density at radius 3 is 2.83 bits per heavy atom. The van der Waals surface area contributed by atoms with E-state index < -0.39 is 0 Å². The van der Waals surface area contributed by atoms with Gasteiger partial charge < -0.3 is 5.32 Å². The van der Waals surface area contributed by atoms with E-state index in [1.807, 2.05) is 19.1 Å². The third-order valence-corrected chi connectivity index (χ3v) is 4.32. The fourth-order valence-corrected chi connectivity index (χ4v) is 2.94. The minimum absolute atomic E-state index is 0.129.